The summed E-state index contributed by atoms with van der Waals surface area (Å²) in [5.41, 5.74) is 7.66. The van der Waals surface area contributed by atoms with E-state index in [4.69, 9.17) is 15.2 Å². The lowest BCUT2D eigenvalue weighted by Crippen LogP contribution is -2.25. The fourth-order valence-corrected chi connectivity index (χ4v) is 5.27. The van der Waals surface area contributed by atoms with Gasteiger partial charge in [0.05, 0.1) is 17.6 Å². The van der Waals surface area contributed by atoms with Gasteiger partial charge in [0.2, 0.25) is 10.6 Å². The minimum Gasteiger partial charge on any atom is -0.490 e. The van der Waals surface area contributed by atoms with Crippen molar-refractivity contribution in [3.05, 3.63) is 80.7 Å². The quantitative estimate of drug-likeness (QED) is 0.663. The van der Waals surface area contributed by atoms with E-state index in [9.17, 15) is 10.1 Å². The van der Waals surface area contributed by atoms with E-state index >= 15 is 0 Å². The SMILES string of the molecule is N#CC1=C(N)Oc2c(c(=O)sc3ccccc23)C1c1ccc(OC2CCCC2)cc1. The van der Waals surface area contributed by atoms with Crippen molar-refractivity contribution in [1.82, 2.24) is 0 Å². The zero-order valence-electron chi connectivity index (χ0n) is 16.3. The summed E-state index contributed by atoms with van der Waals surface area (Å²) in [7, 11) is 0. The highest BCUT2D eigenvalue weighted by atomic mass is 32.1. The summed E-state index contributed by atoms with van der Waals surface area (Å²) in [6, 6.07) is 17.4. The Morgan fingerprint density at radius 2 is 1.83 bits per heavy atom. The summed E-state index contributed by atoms with van der Waals surface area (Å²) in [4.78, 5) is 13.1. The number of fused-ring (bicyclic) bond motifs is 3. The lowest BCUT2D eigenvalue weighted by atomic mass is 9.84. The highest BCUT2D eigenvalue weighted by Gasteiger charge is 2.34. The molecular formula is C24H20N2O3S. The van der Waals surface area contributed by atoms with Gasteiger partial charge in [0.25, 0.3) is 0 Å². The van der Waals surface area contributed by atoms with Gasteiger partial charge >= 0.3 is 0 Å². The third kappa shape index (κ3) is 3.12. The van der Waals surface area contributed by atoms with Gasteiger partial charge in [-0.2, -0.15) is 5.26 Å². The van der Waals surface area contributed by atoms with E-state index in [2.05, 4.69) is 6.07 Å². The molecule has 1 atom stereocenters. The molecule has 2 N–H and O–H groups in total. The van der Waals surface area contributed by atoms with Crippen molar-refractivity contribution in [1.29, 1.82) is 5.26 Å². The van der Waals surface area contributed by atoms with Crippen LogP contribution >= 0.6 is 11.3 Å². The molecule has 0 spiro atoms. The second-order valence-corrected chi connectivity index (χ2v) is 8.66. The molecule has 1 fully saturated rings. The summed E-state index contributed by atoms with van der Waals surface area (Å²) in [6.07, 6.45) is 4.85. The first-order valence-corrected chi connectivity index (χ1v) is 10.9. The average Bonchev–Trinajstić information content (AvgIpc) is 3.26. The number of rotatable bonds is 3. The first kappa shape index (κ1) is 18.7. The van der Waals surface area contributed by atoms with E-state index in [0.29, 0.717) is 11.3 Å². The number of ether oxygens (including phenoxy) is 2. The van der Waals surface area contributed by atoms with Crippen molar-refractivity contribution in [2.24, 2.45) is 5.73 Å². The van der Waals surface area contributed by atoms with Crippen LogP contribution < -0.4 is 19.9 Å². The van der Waals surface area contributed by atoms with Gasteiger partial charge < -0.3 is 15.2 Å². The molecule has 1 aliphatic heterocycles. The van der Waals surface area contributed by atoms with Gasteiger partial charge in [-0.25, -0.2) is 0 Å². The van der Waals surface area contributed by atoms with Gasteiger partial charge in [-0.3, -0.25) is 4.79 Å². The van der Waals surface area contributed by atoms with E-state index in [1.165, 1.54) is 12.8 Å². The van der Waals surface area contributed by atoms with Gasteiger partial charge in [-0.1, -0.05) is 35.6 Å². The number of nitrogens with zero attached hydrogens (tertiary/aromatic N) is 1. The Hall–Kier alpha value is -3.30. The largest absolute Gasteiger partial charge is 0.490 e. The fourth-order valence-electron chi connectivity index (χ4n) is 4.34. The third-order valence-corrected chi connectivity index (χ3v) is 6.77. The molecule has 1 unspecified atom stereocenters. The standard InChI is InChI=1S/C24H20N2O3S/c25-13-18-20(14-9-11-16(12-10-14)28-15-5-1-2-6-15)21-22(29-23(18)26)17-7-3-4-8-19(17)30-24(21)27/h3-4,7-12,15,20H,1-2,5-6,26H2. The smallest absolute Gasteiger partial charge is 0.240 e. The Morgan fingerprint density at radius 1 is 1.10 bits per heavy atom. The Morgan fingerprint density at radius 3 is 2.57 bits per heavy atom. The maximum absolute atomic E-state index is 13.1. The highest BCUT2D eigenvalue weighted by molar-refractivity contribution is 7.16. The van der Waals surface area contributed by atoms with E-state index in [1.54, 1.807) is 0 Å². The molecule has 1 aliphatic carbocycles. The van der Waals surface area contributed by atoms with Crippen LogP contribution in [-0.2, 0) is 0 Å². The van der Waals surface area contributed by atoms with Crippen molar-refractivity contribution in [3.8, 4) is 17.6 Å². The van der Waals surface area contributed by atoms with Crippen LogP contribution in [0.4, 0.5) is 0 Å². The summed E-state index contributed by atoms with van der Waals surface area (Å²) in [6.45, 7) is 0. The van der Waals surface area contributed by atoms with Crippen LogP contribution in [0.1, 0.15) is 42.7 Å². The monoisotopic (exact) mass is 416 g/mol. The van der Waals surface area contributed by atoms with Crippen molar-refractivity contribution in [3.63, 3.8) is 0 Å². The summed E-state index contributed by atoms with van der Waals surface area (Å²) in [5.74, 6) is 0.730. The molecule has 0 saturated heterocycles. The second kappa shape index (κ2) is 7.51. The van der Waals surface area contributed by atoms with Crippen molar-refractivity contribution in [2.45, 2.75) is 37.7 Å². The normalized spacial score (nSPS) is 18.7. The zero-order valence-corrected chi connectivity index (χ0v) is 17.1. The topological polar surface area (TPSA) is 85.3 Å². The lowest BCUT2D eigenvalue weighted by Gasteiger charge is -2.26. The van der Waals surface area contributed by atoms with Gasteiger partial charge in [0.15, 0.2) is 0 Å². The zero-order chi connectivity index (χ0) is 20.7. The number of nitrogens with two attached hydrogens (primary N) is 1. The summed E-state index contributed by atoms with van der Waals surface area (Å²) >= 11 is 1.16. The Bertz CT molecular complexity index is 1250. The van der Waals surface area contributed by atoms with Crippen molar-refractivity contribution < 1.29 is 9.47 Å². The van der Waals surface area contributed by atoms with Gasteiger partial charge in [-0.15, -0.1) is 0 Å². The maximum atomic E-state index is 13.1. The van der Waals surface area contributed by atoms with Crippen LogP contribution in [0.15, 0.2) is 64.8 Å². The molecule has 3 aromatic rings. The molecule has 0 radical (unpaired) electrons. The molecule has 0 bridgehead atoms. The molecule has 0 amide bonds. The minimum atomic E-state index is -0.562. The van der Waals surface area contributed by atoms with Crippen LogP contribution in [0.2, 0.25) is 0 Å². The first-order valence-electron chi connectivity index (χ1n) is 10.1. The molecule has 2 heterocycles. The molecule has 150 valence electrons. The van der Waals surface area contributed by atoms with Crippen molar-refractivity contribution in [2.75, 3.05) is 0 Å². The van der Waals surface area contributed by atoms with E-state index in [1.807, 2.05) is 48.5 Å². The lowest BCUT2D eigenvalue weighted by molar-refractivity contribution is 0.210. The van der Waals surface area contributed by atoms with Crippen LogP contribution in [0.3, 0.4) is 0 Å². The number of allylic oxidation sites excluding steroid dienone is 1. The molecule has 1 aromatic heterocycles. The van der Waals surface area contributed by atoms with Gasteiger partial charge in [0, 0.05) is 10.1 Å². The second-order valence-electron chi connectivity index (χ2n) is 7.65. The number of hydrogen-bond donors (Lipinski definition) is 1. The van der Waals surface area contributed by atoms with E-state index in [0.717, 1.165) is 45.6 Å². The van der Waals surface area contributed by atoms with Crippen LogP contribution in [0, 0.1) is 11.3 Å². The van der Waals surface area contributed by atoms with E-state index < -0.39 is 5.92 Å². The molecular weight excluding hydrogens is 396 g/mol. The van der Waals surface area contributed by atoms with Crippen LogP contribution in [-0.4, -0.2) is 6.10 Å². The Labute approximate surface area is 178 Å². The fraction of sp³-hybridized carbons (Fsp3) is 0.250. The Balaban J connectivity index is 1.61. The third-order valence-electron chi connectivity index (χ3n) is 5.79. The molecule has 2 aromatic carbocycles. The highest BCUT2D eigenvalue weighted by Crippen LogP contribution is 2.44. The van der Waals surface area contributed by atoms with Crippen LogP contribution in [0.5, 0.6) is 11.5 Å². The molecule has 2 aliphatic rings. The van der Waals surface area contributed by atoms with Gasteiger partial charge in [-0.05, 0) is 55.5 Å². The predicted molar refractivity (Wildman–Crippen MR) is 117 cm³/mol. The number of benzene rings is 2. The summed E-state index contributed by atoms with van der Waals surface area (Å²) < 4.78 is 12.6. The molecule has 6 heteroatoms. The molecule has 5 nitrogen and oxygen atoms in total. The first-order chi connectivity index (χ1) is 14.7. The Kier molecular flexibility index (Phi) is 4.68. The van der Waals surface area contributed by atoms with Crippen molar-refractivity contribution >= 4 is 21.4 Å². The maximum Gasteiger partial charge on any atom is 0.240 e. The van der Waals surface area contributed by atoms with E-state index in [-0.39, 0.29) is 22.3 Å². The number of hydrogen-bond acceptors (Lipinski definition) is 6. The average molecular weight is 417 g/mol. The minimum absolute atomic E-state index is 0.0436. The molecule has 5 rings (SSSR count). The van der Waals surface area contributed by atoms with Crippen LogP contribution in [0.25, 0.3) is 10.1 Å². The molecule has 30 heavy (non-hydrogen) atoms. The predicted octanol–water partition coefficient (Wildman–Crippen LogP) is 4.80. The van der Waals surface area contributed by atoms with Gasteiger partial charge in [0.1, 0.15) is 23.1 Å². The number of nitriles is 1. The summed E-state index contributed by atoms with van der Waals surface area (Å²) in [5, 5.41) is 10.6. The molecule has 1 saturated carbocycles.